The van der Waals surface area contributed by atoms with Crippen molar-refractivity contribution in [2.24, 2.45) is 0 Å². The summed E-state index contributed by atoms with van der Waals surface area (Å²) in [5.41, 5.74) is 0. The second kappa shape index (κ2) is 1.85. The van der Waals surface area contributed by atoms with Crippen LogP contribution in [0.1, 0.15) is 0 Å². The van der Waals surface area contributed by atoms with E-state index in [0.29, 0.717) is 0 Å². The van der Waals surface area contributed by atoms with E-state index in [1.165, 1.54) is 0 Å². The average Bonchev–Trinajstić information content (AvgIpc) is 1.98. The molecule has 1 atom stereocenters. The van der Waals surface area contributed by atoms with E-state index in [0.717, 1.165) is 0 Å². The molecule has 0 spiro atoms. The Bertz CT molecular complexity index is 126. The molecule has 1 unspecified atom stereocenters. The number of Topliss-reactive ketones (excluding diaryl/α,β-unsaturated/α-hetero) is 1. The third kappa shape index (κ3) is 0.753. The lowest BCUT2D eigenvalue weighted by molar-refractivity contribution is -0.137. The first-order chi connectivity index (χ1) is 3.72. The zero-order chi connectivity index (χ0) is 6.15. The molecule has 1 aliphatic heterocycles. The van der Waals surface area contributed by atoms with Gasteiger partial charge in [0.05, 0.1) is 0 Å². The molecule has 0 aromatic heterocycles. The van der Waals surface area contributed by atoms with Gasteiger partial charge in [-0.15, -0.1) is 0 Å². The van der Waals surface area contributed by atoms with E-state index >= 15 is 0 Å². The molecule has 1 heterocycles. The van der Waals surface area contributed by atoms with Crippen LogP contribution in [0.3, 0.4) is 0 Å². The van der Waals surface area contributed by atoms with Gasteiger partial charge < -0.3 is 4.74 Å². The monoisotopic (exact) mass is 178 g/mol. The third-order valence-corrected chi connectivity index (χ3v) is 1.73. The molecule has 1 aliphatic rings. The maximum atomic E-state index is 10.4. The Balaban J connectivity index is 2.70. The molecule has 8 heavy (non-hydrogen) atoms. The summed E-state index contributed by atoms with van der Waals surface area (Å²) in [6.45, 7) is -0.0747. The van der Waals surface area contributed by atoms with Gasteiger partial charge in [0.2, 0.25) is 0 Å². The van der Waals surface area contributed by atoms with E-state index in [1.54, 1.807) is 0 Å². The van der Waals surface area contributed by atoms with Crippen LogP contribution < -0.4 is 0 Å². The van der Waals surface area contributed by atoms with Crippen molar-refractivity contribution in [2.75, 3.05) is 6.61 Å². The molecular weight excluding hydrogens is 176 g/mol. The van der Waals surface area contributed by atoms with Crippen molar-refractivity contribution in [1.29, 1.82) is 0 Å². The van der Waals surface area contributed by atoms with E-state index in [1.807, 2.05) is 0 Å². The standard InChI is InChI=1S/C4H3BrO3/c5-3-2(6)1-8-4(3)7/h3H,1H2. The van der Waals surface area contributed by atoms with Crippen molar-refractivity contribution < 1.29 is 14.3 Å². The van der Waals surface area contributed by atoms with Crippen molar-refractivity contribution in [2.45, 2.75) is 4.83 Å². The minimum Gasteiger partial charge on any atom is -0.456 e. The second-order valence-corrected chi connectivity index (χ2v) is 2.35. The Hall–Kier alpha value is -0.380. The number of halogens is 1. The van der Waals surface area contributed by atoms with Gasteiger partial charge in [0.15, 0.2) is 17.2 Å². The average molecular weight is 179 g/mol. The smallest absolute Gasteiger partial charge is 0.327 e. The van der Waals surface area contributed by atoms with Gasteiger partial charge >= 0.3 is 5.97 Å². The van der Waals surface area contributed by atoms with Crippen LogP contribution in [-0.4, -0.2) is 23.2 Å². The van der Waals surface area contributed by atoms with Crippen LogP contribution in [0, 0.1) is 0 Å². The maximum Gasteiger partial charge on any atom is 0.327 e. The van der Waals surface area contributed by atoms with Crippen LogP contribution in [0.2, 0.25) is 0 Å². The maximum absolute atomic E-state index is 10.4. The summed E-state index contributed by atoms with van der Waals surface area (Å²) in [4.78, 5) is 20.0. The molecule has 3 nitrogen and oxygen atoms in total. The molecule has 0 amide bonds. The molecule has 0 N–H and O–H groups in total. The van der Waals surface area contributed by atoms with Gasteiger partial charge in [-0.05, 0) is 0 Å². The third-order valence-electron chi connectivity index (χ3n) is 0.846. The Kier molecular flexibility index (Phi) is 1.33. The van der Waals surface area contributed by atoms with Gasteiger partial charge in [-0.1, -0.05) is 15.9 Å². The number of ether oxygens (including phenoxy) is 1. The fraction of sp³-hybridized carbons (Fsp3) is 0.500. The molecule has 0 aromatic carbocycles. The molecule has 0 aliphatic carbocycles. The van der Waals surface area contributed by atoms with Gasteiger partial charge in [-0.25, -0.2) is 0 Å². The van der Waals surface area contributed by atoms with Crippen molar-refractivity contribution in [3.63, 3.8) is 0 Å². The number of esters is 1. The SMILES string of the molecule is O=C1COC(=O)C1Br. The molecule has 0 radical (unpaired) electrons. The predicted molar refractivity (Wildman–Crippen MR) is 28.7 cm³/mol. The zero-order valence-electron chi connectivity index (χ0n) is 3.89. The molecule has 0 saturated carbocycles. The normalized spacial score (nSPS) is 28.4. The topological polar surface area (TPSA) is 43.4 Å². The van der Waals surface area contributed by atoms with Crippen LogP contribution in [0.4, 0.5) is 0 Å². The molecule has 1 rings (SSSR count). The van der Waals surface area contributed by atoms with Gasteiger partial charge in [0.25, 0.3) is 0 Å². The Morgan fingerprint density at radius 1 is 1.62 bits per heavy atom. The Morgan fingerprint density at radius 2 is 2.25 bits per heavy atom. The van der Waals surface area contributed by atoms with Gasteiger partial charge in [-0.3, -0.25) is 9.59 Å². The van der Waals surface area contributed by atoms with Crippen molar-refractivity contribution in [3.8, 4) is 0 Å². The summed E-state index contributed by atoms with van der Waals surface area (Å²) in [7, 11) is 0. The first-order valence-electron chi connectivity index (χ1n) is 2.05. The van der Waals surface area contributed by atoms with Crippen LogP contribution in [0.5, 0.6) is 0 Å². The predicted octanol–water partition coefficient (Wildman–Crippen LogP) is -0.124. The minimum atomic E-state index is -0.706. The van der Waals surface area contributed by atoms with Crippen molar-refractivity contribution in [1.82, 2.24) is 0 Å². The Morgan fingerprint density at radius 3 is 2.38 bits per heavy atom. The highest BCUT2D eigenvalue weighted by atomic mass is 79.9. The molecule has 4 heteroatoms. The van der Waals surface area contributed by atoms with Crippen molar-refractivity contribution in [3.05, 3.63) is 0 Å². The first kappa shape index (κ1) is 5.75. The number of hydrogen-bond donors (Lipinski definition) is 0. The van der Waals surface area contributed by atoms with Crippen LogP contribution in [-0.2, 0) is 14.3 Å². The largest absolute Gasteiger partial charge is 0.456 e. The summed E-state index contributed by atoms with van der Waals surface area (Å²) in [5, 5.41) is 0. The number of hydrogen-bond acceptors (Lipinski definition) is 3. The molecular formula is C4H3BrO3. The lowest BCUT2D eigenvalue weighted by atomic mass is 10.3. The molecule has 0 bridgehead atoms. The van der Waals surface area contributed by atoms with Crippen LogP contribution in [0.25, 0.3) is 0 Å². The van der Waals surface area contributed by atoms with E-state index in [4.69, 9.17) is 0 Å². The van der Waals surface area contributed by atoms with E-state index < -0.39 is 10.8 Å². The molecule has 44 valence electrons. The summed E-state index contributed by atoms with van der Waals surface area (Å²) < 4.78 is 4.34. The highest BCUT2D eigenvalue weighted by Crippen LogP contribution is 2.10. The summed E-state index contributed by atoms with van der Waals surface area (Å²) in [6.07, 6.45) is 0. The molecule has 0 aromatic rings. The Labute approximate surface area is 54.1 Å². The van der Waals surface area contributed by atoms with E-state index in [2.05, 4.69) is 20.7 Å². The summed E-state index contributed by atoms with van der Waals surface area (Å²) in [5.74, 6) is -0.676. The quantitative estimate of drug-likeness (QED) is 0.295. The zero-order valence-corrected chi connectivity index (χ0v) is 5.47. The first-order valence-corrected chi connectivity index (χ1v) is 2.97. The molecule has 1 fully saturated rings. The lowest BCUT2D eigenvalue weighted by Crippen LogP contribution is -2.13. The number of ketones is 1. The number of alkyl halides is 1. The molecule has 1 saturated heterocycles. The van der Waals surface area contributed by atoms with Crippen LogP contribution >= 0.6 is 15.9 Å². The summed E-state index contributed by atoms with van der Waals surface area (Å²) >= 11 is 2.84. The summed E-state index contributed by atoms with van der Waals surface area (Å²) in [6, 6.07) is 0. The number of rotatable bonds is 0. The van der Waals surface area contributed by atoms with Gasteiger partial charge in [-0.2, -0.15) is 0 Å². The highest BCUT2D eigenvalue weighted by Gasteiger charge is 2.32. The van der Waals surface area contributed by atoms with Crippen LogP contribution in [0.15, 0.2) is 0 Å². The van der Waals surface area contributed by atoms with E-state index in [-0.39, 0.29) is 12.4 Å². The van der Waals surface area contributed by atoms with Gasteiger partial charge in [0.1, 0.15) is 0 Å². The lowest BCUT2D eigenvalue weighted by Gasteiger charge is -1.85. The van der Waals surface area contributed by atoms with Gasteiger partial charge in [0, 0.05) is 0 Å². The highest BCUT2D eigenvalue weighted by molar-refractivity contribution is 9.10. The number of carbonyl (C=O) groups is 2. The number of cyclic esters (lactones) is 1. The fourth-order valence-electron chi connectivity index (χ4n) is 0.420. The second-order valence-electron chi connectivity index (χ2n) is 1.44. The number of carbonyl (C=O) groups excluding carboxylic acids is 2. The minimum absolute atomic E-state index is 0.0747. The van der Waals surface area contributed by atoms with E-state index in [9.17, 15) is 9.59 Å². The van der Waals surface area contributed by atoms with Crippen molar-refractivity contribution >= 4 is 27.7 Å². The fourth-order valence-corrected chi connectivity index (χ4v) is 0.684.